The van der Waals surface area contributed by atoms with E-state index >= 15 is 0 Å². The molecule has 2 aromatic rings. The molecule has 1 aliphatic rings. The third-order valence-electron chi connectivity index (χ3n) is 4.26. The molecule has 1 heterocycles. The number of hydrogen-bond donors (Lipinski definition) is 1. The maximum absolute atomic E-state index is 10.8. The summed E-state index contributed by atoms with van der Waals surface area (Å²) in [6, 6.07) is 10.3. The zero-order valence-corrected chi connectivity index (χ0v) is 12.9. The molecule has 21 heavy (non-hydrogen) atoms. The summed E-state index contributed by atoms with van der Waals surface area (Å²) in [5, 5.41) is 10.8. The van der Waals surface area contributed by atoms with Crippen LogP contribution in [0.3, 0.4) is 0 Å². The van der Waals surface area contributed by atoms with Crippen LogP contribution in [0.15, 0.2) is 30.3 Å². The highest BCUT2D eigenvalue weighted by Gasteiger charge is 2.18. The molecule has 1 N–H and O–H groups in total. The highest BCUT2D eigenvalue weighted by atomic mass is 16.5. The van der Waals surface area contributed by atoms with E-state index < -0.39 is 6.10 Å². The minimum atomic E-state index is -0.571. The molecule has 0 bridgehead atoms. The molecule has 110 valence electrons. The Morgan fingerprint density at radius 2 is 1.76 bits per heavy atom. The molecular weight excluding hydrogens is 260 g/mol. The van der Waals surface area contributed by atoms with Crippen molar-refractivity contribution in [3.05, 3.63) is 63.7 Å². The lowest BCUT2D eigenvalue weighted by atomic mass is 9.90. The highest BCUT2D eigenvalue weighted by molar-refractivity contribution is 5.46. The second kappa shape index (κ2) is 5.53. The van der Waals surface area contributed by atoms with Crippen molar-refractivity contribution in [2.75, 3.05) is 6.61 Å². The molecule has 0 fully saturated rings. The van der Waals surface area contributed by atoms with E-state index in [0.29, 0.717) is 0 Å². The molecule has 0 aromatic heterocycles. The monoisotopic (exact) mass is 282 g/mol. The Labute approximate surface area is 126 Å². The van der Waals surface area contributed by atoms with Crippen molar-refractivity contribution < 1.29 is 9.84 Å². The van der Waals surface area contributed by atoms with Crippen LogP contribution >= 0.6 is 0 Å². The van der Waals surface area contributed by atoms with Gasteiger partial charge in [-0.15, -0.1) is 0 Å². The van der Waals surface area contributed by atoms with Crippen LogP contribution in [0.1, 0.15) is 45.9 Å². The molecule has 2 aromatic carbocycles. The Kier molecular flexibility index (Phi) is 3.73. The fraction of sp³-hybridized carbons (Fsp3) is 0.368. The van der Waals surface area contributed by atoms with Crippen molar-refractivity contribution in [1.29, 1.82) is 0 Å². The first-order valence-electron chi connectivity index (χ1n) is 7.57. The molecule has 0 saturated carbocycles. The Balaban J connectivity index is 2.01. The van der Waals surface area contributed by atoms with Gasteiger partial charge in [0.25, 0.3) is 0 Å². The number of fused-ring (bicyclic) bond motifs is 1. The Morgan fingerprint density at radius 1 is 1.05 bits per heavy atom. The Hall–Kier alpha value is -1.80. The summed E-state index contributed by atoms with van der Waals surface area (Å²) >= 11 is 0. The van der Waals surface area contributed by atoms with E-state index in [2.05, 4.69) is 39.0 Å². The average molecular weight is 282 g/mol. The van der Waals surface area contributed by atoms with Crippen LogP contribution in [0.2, 0.25) is 0 Å². The van der Waals surface area contributed by atoms with Gasteiger partial charge in [-0.25, -0.2) is 0 Å². The molecule has 0 saturated heterocycles. The van der Waals surface area contributed by atoms with Gasteiger partial charge in [-0.3, -0.25) is 0 Å². The molecule has 3 rings (SSSR count). The molecule has 1 unspecified atom stereocenters. The third-order valence-corrected chi connectivity index (χ3v) is 4.26. The predicted molar refractivity (Wildman–Crippen MR) is 85.0 cm³/mol. The van der Waals surface area contributed by atoms with E-state index in [1.807, 2.05) is 12.1 Å². The van der Waals surface area contributed by atoms with E-state index in [9.17, 15) is 5.11 Å². The number of benzene rings is 2. The molecule has 0 amide bonds. The molecule has 2 heteroatoms. The topological polar surface area (TPSA) is 29.5 Å². The van der Waals surface area contributed by atoms with Crippen molar-refractivity contribution in [1.82, 2.24) is 0 Å². The average Bonchev–Trinajstić information content (AvgIpc) is 2.45. The van der Waals surface area contributed by atoms with Gasteiger partial charge >= 0.3 is 0 Å². The second-order valence-corrected chi connectivity index (χ2v) is 6.03. The van der Waals surface area contributed by atoms with E-state index in [4.69, 9.17) is 4.74 Å². The summed E-state index contributed by atoms with van der Waals surface area (Å²) < 4.78 is 5.65. The first-order valence-corrected chi connectivity index (χ1v) is 7.57. The first kappa shape index (κ1) is 14.2. The maximum atomic E-state index is 10.8. The van der Waals surface area contributed by atoms with Crippen LogP contribution in [0.25, 0.3) is 0 Å². The quantitative estimate of drug-likeness (QED) is 0.901. The van der Waals surface area contributed by atoms with Crippen LogP contribution < -0.4 is 4.74 Å². The van der Waals surface area contributed by atoms with Gasteiger partial charge < -0.3 is 9.84 Å². The van der Waals surface area contributed by atoms with E-state index in [1.54, 1.807) is 0 Å². The largest absolute Gasteiger partial charge is 0.493 e. The van der Waals surface area contributed by atoms with E-state index in [-0.39, 0.29) is 0 Å². The summed E-state index contributed by atoms with van der Waals surface area (Å²) in [6.45, 7) is 7.03. The van der Waals surface area contributed by atoms with Gasteiger partial charge in [0.2, 0.25) is 0 Å². The van der Waals surface area contributed by atoms with Crippen LogP contribution in [-0.4, -0.2) is 11.7 Å². The minimum absolute atomic E-state index is 0.571. The normalized spacial score (nSPS) is 15.2. The molecule has 0 radical (unpaired) electrons. The van der Waals surface area contributed by atoms with Crippen molar-refractivity contribution in [2.45, 2.75) is 39.7 Å². The maximum Gasteiger partial charge on any atom is 0.122 e. The van der Waals surface area contributed by atoms with Crippen LogP contribution in [0.5, 0.6) is 5.75 Å². The predicted octanol–water partition coefficient (Wildman–Crippen LogP) is 4.02. The summed E-state index contributed by atoms with van der Waals surface area (Å²) in [5.74, 6) is 0.967. The number of aliphatic hydroxyl groups is 1. The van der Waals surface area contributed by atoms with Crippen molar-refractivity contribution in [2.24, 2.45) is 0 Å². The highest BCUT2D eigenvalue weighted by Crippen LogP contribution is 2.33. The molecular formula is C19H22O2. The Bertz CT molecular complexity index is 650. The van der Waals surface area contributed by atoms with E-state index in [0.717, 1.165) is 47.5 Å². The minimum Gasteiger partial charge on any atom is -0.493 e. The van der Waals surface area contributed by atoms with Gasteiger partial charge in [-0.05, 0) is 73.6 Å². The third kappa shape index (κ3) is 2.68. The van der Waals surface area contributed by atoms with Gasteiger partial charge in [0.15, 0.2) is 0 Å². The molecule has 1 aliphatic heterocycles. The number of aliphatic hydroxyl groups excluding tert-OH is 1. The van der Waals surface area contributed by atoms with Gasteiger partial charge in [-0.2, -0.15) is 0 Å². The number of rotatable bonds is 2. The lowest BCUT2D eigenvalue weighted by Crippen LogP contribution is -2.10. The first-order chi connectivity index (χ1) is 10.1. The lowest BCUT2D eigenvalue weighted by Gasteiger charge is -2.21. The molecule has 0 aliphatic carbocycles. The smallest absolute Gasteiger partial charge is 0.122 e. The molecule has 2 nitrogen and oxygen atoms in total. The summed E-state index contributed by atoms with van der Waals surface area (Å²) in [6.07, 6.45) is 1.51. The van der Waals surface area contributed by atoms with Gasteiger partial charge in [-0.1, -0.05) is 23.8 Å². The lowest BCUT2D eigenvalue weighted by molar-refractivity contribution is 0.218. The summed E-state index contributed by atoms with van der Waals surface area (Å²) in [4.78, 5) is 0. The van der Waals surface area contributed by atoms with Gasteiger partial charge in [0.05, 0.1) is 6.61 Å². The molecule has 1 atom stereocenters. The van der Waals surface area contributed by atoms with E-state index in [1.165, 1.54) is 11.1 Å². The fourth-order valence-corrected chi connectivity index (χ4v) is 3.34. The van der Waals surface area contributed by atoms with Crippen molar-refractivity contribution in [3.8, 4) is 5.75 Å². The molecule has 0 spiro atoms. The SMILES string of the molecule is Cc1cc(C)c(C(O)c2ccc3c(c2)CCCO3)c(C)c1. The van der Waals surface area contributed by atoms with Crippen LogP contribution in [-0.2, 0) is 6.42 Å². The number of ether oxygens (including phenoxy) is 1. The zero-order chi connectivity index (χ0) is 15.0. The fourth-order valence-electron chi connectivity index (χ4n) is 3.34. The van der Waals surface area contributed by atoms with Crippen molar-refractivity contribution >= 4 is 0 Å². The number of aryl methyl sites for hydroxylation is 4. The summed E-state index contributed by atoms with van der Waals surface area (Å²) in [7, 11) is 0. The Morgan fingerprint density at radius 3 is 2.48 bits per heavy atom. The van der Waals surface area contributed by atoms with Crippen molar-refractivity contribution in [3.63, 3.8) is 0 Å². The standard InChI is InChI=1S/C19H22O2/c1-12-9-13(2)18(14(3)10-12)19(20)16-6-7-17-15(11-16)5-4-8-21-17/h6-7,9-11,19-20H,4-5,8H2,1-3H3. The van der Waals surface area contributed by atoms with Gasteiger partial charge in [0.1, 0.15) is 11.9 Å². The van der Waals surface area contributed by atoms with Crippen LogP contribution in [0.4, 0.5) is 0 Å². The number of hydrogen-bond acceptors (Lipinski definition) is 2. The van der Waals surface area contributed by atoms with Crippen LogP contribution in [0, 0.1) is 20.8 Å². The van der Waals surface area contributed by atoms with Gasteiger partial charge in [0, 0.05) is 0 Å². The zero-order valence-electron chi connectivity index (χ0n) is 12.9. The second-order valence-electron chi connectivity index (χ2n) is 6.03. The summed E-state index contributed by atoms with van der Waals surface area (Å²) in [5.41, 5.74) is 6.72.